The number of piperidine rings is 1. The van der Waals surface area contributed by atoms with Crippen molar-refractivity contribution in [2.24, 2.45) is 5.92 Å². The third kappa shape index (κ3) is 3.87. The van der Waals surface area contributed by atoms with Gasteiger partial charge in [-0.1, -0.05) is 24.3 Å². The normalized spacial score (nSPS) is 19.6. The van der Waals surface area contributed by atoms with Crippen molar-refractivity contribution in [3.63, 3.8) is 0 Å². The standard InChI is InChI=1S/C30H30FN5O3/c1-32-9-10-34-30(38)21-15-36-24-11-17-5-2-3-6-18(17)12-25(24)39-29-26(36)20(28(21)37)13-22(31)27(29)35-14-19-7-4-8-33-23(19)16-35/h2-3,5-6,11-13,15,19,23,32-33H,4,7-10,14,16H2,1H3,(H,34,38). The van der Waals surface area contributed by atoms with Gasteiger partial charge in [-0.05, 0) is 61.3 Å². The minimum atomic E-state index is -0.517. The summed E-state index contributed by atoms with van der Waals surface area (Å²) in [6.45, 7) is 3.28. The zero-order valence-electron chi connectivity index (χ0n) is 21.7. The third-order valence-corrected chi connectivity index (χ3v) is 8.29. The van der Waals surface area contributed by atoms with Crippen LogP contribution in [0.25, 0.3) is 27.4 Å². The van der Waals surface area contributed by atoms with Crippen LogP contribution in [0.4, 0.5) is 10.1 Å². The molecule has 4 heterocycles. The molecule has 3 aliphatic heterocycles. The number of halogens is 1. The molecule has 3 N–H and O–H groups in total. The van der Waals surface area contributed by atoms with Crippen molar-refractivity contribution >= 4 is 33.3 Å². The molecule has 0 bridgehead atoms. The molecule has 1 aromatic heterocycles. The number of fused-ring (bicyclic) bond motifs is 4. The Balaban J connectivity index is 1.46. The lowest BCUT2D eigenvalue weighted by molar-refractivity contribution is 0.0952. The molecule has 39 heavy (non-hydrogen) atoms. The second kappa shape index (κ2) is 9.36. The van der Waals surface area contributed by atoms with E-state index in [1.54, 1.807) is 13.2 Å². The first-order valence-electron chi connectivity index (χ1n) is 13.6. The van der Waals surface area contributed by atoms with E-state index in [1.807, 2.05) is 41.0 Å². The van der Waals surface area contributed by atoms with E-state index in [2.05, 4.69) is 20.9 Å². The smallest absolute Gasteiger partial charge is 0.256 e. The van der Waals surface area contributed by atoms with Crippen molar-refractivity contribution < 1.29 is 13.9 Å². The van der Waals surface area contributed by atoms with Gasteiger partial charge in [0.1, 0.15) is 16.8 Å². The molecule has 2 fully saturated rings. The van der Waals surface area contributed by atoms with Crippen molar-refractivity contribution in [1.82, 2.24) is 20.5 Å². The fourth-order valence-corrected chi connectivity index (χ4v) is 6.37. The van der Waals surface area contributed by atoms with E-state index in [9.17, 15) is 9.59 Å². The molecule has 1 amide bonds. The Kier molecular flexibility index (Phi) is 5.79. The molecule has 200 valence electrons. The fraction of sp³-hybridized carbons (Fsp3) is 0.333. The Labute approximate surface area is 224 Å². The lowest BCUT2D eigenvalue weighted by Crippen LogP contribution is -2.40. The number of carbonyl (C=O) groups is 1. The summed E-state index contributed by atoms with van der Waals surface area (Å²) in [7, 11) is 1.79. The van der Waals surface area contributed by atoms with Gasteiger partial charge in [-0.15, -0.1) is 0 Å². The lowest BCUT2D eigenvalue weighted by atomic mass is 9.94. The first kappa shape index (κ1) is 24.1. The van der Waals surface area contributed by atoms with E-state index in [-0.39, 0.29) is 10.9 Å². The van der Waals surface area contributed by atoms with E-state index < -0.39 is 17.2 Å². The van der Waals surface area contributed by atoms with Crippen LogP contribution in [0.2, 0.25) is 0 Å². The molecule has 9 heteroatoms. The molecule has 3 aromatic carbocycles. The van der Waals surface area contributed by atoms with E-state index in [1.165, 1.54) is 6.07 Å². The summed E-state index contributed by atoms with van der Waals surface area (Å²) >= 11 is 0. The van der Waals surface area contributed by atoms with Crippen molar-refractivity contribution in [3.8, 4) is 17.2 Å². The number of aromatic nitrogens is 1. The highest BCUT2D eigenvalue weighted by Gasteiger charge is 2.38. The Hall–Kier alpha value is -3.95. The van der Waals surface area contributed by atoms with E-state index in [0.29, 0.717) is 60.0 Å². The summed E-state index contributed by atoms with van der Waals surface area (Å²) in [5.74, 6) is 0.305. The van der Waals surface area contributed by atoms with Gasteiger partial charge in [0.15, 0.2) is 17.3 Å². The molecule has 0 radical (unpaired) electrons. The fourth-order valence-electron chi connectivity index (χ4n) is 6.37. The number of rotatable bonds is 5. The molecular weight excluding hydrogens is 497 g/mol. The van der Waals surface area contributed by atoms with Crippen LogP contribution in [0.3, 0.4) is 0 Å². The topological polar surface area (TPSA) is 87.6 Å². The number of hydrogen-bond donors (Lipinski definition) is 3. The SMILES string of the molecule is CNCCNC(=O)c1cn2c3c(c(N4CC5CCCNC5C4)c(F)cc3c1=O)Oc1cc3ccccc3cc1-2. The van der Waals surface area contributed by atoms with E-state index in [4.69, 9.17) is 4.74 Å². The number of pyridine rings is 1. The van der Waals surface area contributed by atoms with Gasteiger partial charge in [0.25, 0.3) is 5.91 Å². The maximum Gasteiger partial charge on any atom is 0.256 e. The predicted octanol–water partition coefficient (Wildman–Crippen LogP) is 3.53. The number of carbonyl (C=O) groups excluding carboxylic acids is 1. The van der Waals surface area contributed by atoms with Crippen LogP contribution in [0.1, 0.15) is 23.2 Å². The molecular formula is C30H30FN5O3. The highest BCUT2D eigenvalue weighted by molar-refractivity contribution is 6.02. The summed E-state index contributed by atoms with van der Waals surface area (Å²) in [6.07, 6.45) is 3.79. The maximum atomic E-state index is 16.0. The Morgan fingerprint density at radius 3 is 2.77 bits per heavy atom. The minimum Gasteiger partial charge on any atom is -0.451 e. The number of nitrogens with zero attached hydrogens (tertiary/aromatic N) is 2. The maximum absolute atomic E-state index is 16.0. The molecule has 4 aromatic rings. The minimum absolute atomic E-state index is 0.0332. The summed E-state index contributed by atoms with van der Waals surface area (Å²) in [6, 6.07) is 13.4. The van der Waals surface area contributed by atoms with Crippen molar-refractivity contribution in [2.45, 2.75) is 18.9 Å². The van der Waals surface area contributed by atoms with Crippen LogP contribution in [0.15, 0.2) is 53.5 Å². The molecule has 2 atom stereocenters. The van der Waals surface area contributed by atoms with Gasteiger partial charge in [0, 0.05) is 38.4 Å². The zero-order valence-corrected chi connectivity index (χ0v) is 21.7. The highest BCUT2D eigenvalue weighted by Crippen LogP contribution is 2.48. The second-order valence-electron chi connectivity index (χ2n) is 10.7. The van der Waals surface area contributed by atoms with Gasteiger partial charge in [-0.3, -0.25) is 9.59 Å². The predicted molar refractivity (Wildman–Crippen MR) is 150 cm³/mol. The summed E-state index contributed by atoms with van der Waals surface area (Å²) in [5.41, 5.74) is 1.00. The number of nitrogens with one attached hydrogen (secondary N) is 3. The van der Waals surface area contributed by atoms with Crippen LogP contribution in [-0.2, 0) is 0 Å². The number of likely N-dealkylation sites (N-methyl/N-ethyl adjacent to an activating group) is 1. The number of benzene rings is 3. The molecule has 3 aliphatic rings. The van der Waals surface area contributed by atoms with Crippen LogP contribution < -0.4 is 31.0 Å². The summed E-state index contributed by atoms with van der Waals surface area (Å²) in [4.78, 5) is 28.8. The first-order valence-corrected chi connectivity index (χ1v) is 13.6. The van der Waals surface area contributed by atoms with E-state index >= 15 is 4.39 Å². The molecule has 7 rings (SSSR count). The molecule has 2 unspecified atom stereocenters. The molecule has 0 spiro atoms. The molecule has 2 saturated heterocycles. The van der Waals surface area contributed by atoms with Gasteiger partial charge in [0.2, 0.25) is 5.43 Å². The van der Waals surface area contributed by atoms with Gasteiger partial charge in [0.05, 0.1) is 11.1 Å². The van der Waals surface area contributed by atoms with Crippen molar-refractivity contribution in [1.29, 1.82) is 0 Å². The number of hydrogen-bond acceptors (Lipinski definition) is 6. The van der Waals surface area contributed by atoms with Crippen LogP contribution in [-0.4, -0.2) is 56.3 Å². The molecule has 8 nitrogen and oxygen atoms in total. The van der Waals surface area contributed by atoms with Crippen molar-refractivity contribution in [2.75, 3.05) is 44.7 Å². The Morgan fingerprint density at radius 2 is 1.97 bits per heavy atom. The van der Waals surface area contributed by atoms with Crippen LogP contribution in [0.5, 0.6) is 11.5 Å². The zero-order chi connectivity index (χ0) is 26.7. The Morgan fingerprint density at radius 1 is 1.15 bits per heavy atom. The number of amides is 1. The molecule has 0 aliphatic carbocycles. The number of ether oxygens (including phenoxy) is 1. The Bertz CT molecular complexity index is 1690. The average molecular weight is 528 g/mol. The monoisotopic (exact) mass is 527 g/mol. The second-order valence-corrected chi connectivity index (χ2v) is 10.7. The average Bonchev–Trinajstić information content (AvgIpc) is 3.37. The van der Waals surface area contributed by atoms with Gasteiger partial charge >= 0.3 is 0 Å². The van der Waals surface area contributed by atoms with Crippen molar-refractivity contribution in [3.05, 3.63) is 70.3 Å². The lowest BCUT2D eigenvalue weighted by Gasteiger charge is -2.29. The number of anilines is 1. The summed E-state index contributed by atoms with van der Waals surface area (Å²) < 4.78 is 24.4. The molecule has 0 saturated carbocycles. The van der Waals surface area contributed by atoms with E-state index in [0.717, 1.165) is 36.7 Å². The summed E-state index contributed by atoms with van der Waals surface area (Å²) in [5, 5.41) is 11.4. The van der Waals surface area contributed by atoms with Gasteiger partial charge < -0.3 is 30.2 Å². The quantitative estimate of drug-likeness (QED) is 0.303. The van der Waals surface area contributed by atoms with Gasteiger partial charge in [-0.2, -0.15) is 0 Å². The van der Waals surface area contributed by atoms with Gasteiger partial charge in [-0.25, -0.2) is 4.39 Å². The third-order valence-electron chi connectivity index (χ3n) is 8.29. The van der Waals surface area contributed by atoms with Crippen LogP contribution in [0, 0.1) is 11.7 Å². The van der Waals surface area contributed by atoms with Crippen LogP contribution >= 0.6 is 0 Å². The highest BCUT2D eigenvalue weighted by atomic mass is 19.1. The first-order chi connectivity index (χ1) is 19.0. The largest absolute Gasteiger partial charge is 0.451 e.